The average molecular weight is 386 g/mol. The molecule has 0 N–H and O–H groups in total. The molecule has 27 heavy (non-hydrogen) atoms. The van der Waals surface area contributed by atoms with Crippen LogP contribution in [0.4, 0.5) is 4.39 Å². The Labute approximate surface area is 161 Å². The van der Waals surface area contributed by atoms with Crippen molar-refractivity contribution >= 4 is 21.6 Å². The Kier molecular flexibility index (Phi) is 5.10. The van der Waals surface area contributed by atoms with E-state index in [1.165, 1.54) is 22.6 Å². The second kappa shape index (κ2) is 7.52. The van der Waals surface area contributed by atoms with E-state index in [2.05, 4.69) is 6.92 Å². The molecule has 1 aliphatic carbocycles. The van der Waals surface area contributed by atoms with Gasteiger partial charge < -0.3 is 4.74 Å². The van der Waals surface area contributed by atoms with E-state index in [1.54, 1.807) is 29.1 Å². The zero-order valence-corrected chi connectivity index (χ0v) is 16.4. The molecule has 0 saturated heterocycles. The van der Waals surface area contributed by atoms with Crippen LogP contribution < -0.4 is 5.56 Å². The van der Waals surface area contributed by atoms with Crippen LogP contribution in [0.5, 0.6) is 0 Å². The number of benzene rings is 1. The highest BCUT2D eigenvalue weighted by Gasteiger charge is 2.24. The van der Waals surface area contributed by atoms with Crippen LogP contribution in [0, 0.1) is 11.7 Å². The van der Waals surface area contributed by atoms with E-state index in [4.69, 9.17) is 9.72 Å². The predicted molar refractivity (Wildman–Crippen MR) is 106 cm³/mol. The van der Waals surface area contributed by atoms with Gasteiger partial charge in [-0.05, 0) is 48.4 Å². The SMILES string of the molecule is COCCc1nc2sc3c(c2c(=O)n1Cc1cccc(F)c1)CCC(C)C3. The summed E-state index contributed by atoms with van der Waals surface area (Å²) in [6.45, 7) is 3.07. The number of aryl methyl sites for hydroxylation is 1. The largest absolute Gasteiger partial charge is 0.384 e. The summed E-state index contributed by atoms with van der Waals surface area (Å²) in [5.41, 5.74) is 1.92. The van der Waals surface area contributed by atoms with Gasteiger partial charge in [-0.25, -0.2) is 9.37 Å². The lowest BCUT2D eigenvalue weighted by atomic mass is 9.89. The Hall–Kier alpha value is -2.05. The number of fused-ring (bicyclic) bond motifs is 3. The van der Waals surface area contributed by atoms with Gasteiger partial charge >= 0.3 is 0 Å². The molecule has 4 rings (SSSR count). The van der Waals surface area contributed by atoms with Crippen molar-refractivity contribution < 1.29 is 9.13 Å². The molecule has 0 fully saturated rings. The lowest BCUT2D eigenvalue weighted by Crippen LogP contribution is -2.27. The molecule has 2 aromatic heterocycles. The van der Waals surface area contributed by atoms with Crippen molar-refractivity contribution in [2.24, 2.45) is 5.92 Å². The summed E-state index contributed by atoms with van der Waals surface area (Å²) < 4.78 is 20.5. The third kappa shape index (κ3) is 3.56. The van der Waals surface area contributed by atoms with Crippen LogP contribution in [0.15, 0.2) is 29.1 Å². The van der Waals surface area contributed by atoms with E-state index in [1.807, 2.05) is 6.07 Å². The van der Waals surface area contributed by atoms with Crippen LogP contribution in [0.1, 0.15) is 35.2 Å². The summed E-state index contributed by atoms with van der Waals surface area (Å²) in [4.78, 5) is 20.4. The summed E-state index contributed by atoms with van der Waals surface area (Å²) in [5.74, 6) is 1.05. The number of aromatic nitrogens is 2. The normalized spacial score (nSPS) is 16.6. The van der Waals surface area contributed by atoms with E-state index in [-0.39, 0.29) is 11.4 Å². The molecule has 1 aromatic carbocycles. The third-order valence-corrected chi connectivity index (χ3v) is 6.40. The molecule has 4 nitrogen and oxygen atoms in total. The molecule has 0 radical (unpaired) electrons. The van der Waals surface area contributed by atoms with E-state index < -0.39 is 0 Å². The fourth-order valence-corrected chi connectivity index (χ4v) is 5.22. The van der Waals surface area contributed by atoms with E-state index in [0.717, 1.165) is 35.0 Å². The lowest BCUT2D eigenvalue weighted by Gasteiger charge is -2.18. The van der Waals surface area contributed by atoms with Gasteiger partial charge in [0.15, 0.2) is 0 Å². The summed E-state index contributed by atoms with van der Waals surface area (Å²) >= 11 is 1.66. The summed E-state index contributed by atoms with van der Waals surface area (Å²) in [6.07, 6.45) is 3.61. The van der Waals surface area contributed by atoms with Gasteiger partial charge in [0, 0.05) is 18.4 Å². The maximum absolute atomic E-state index is 13.6. The molecule has 0 amide bonds. The van der Waals surface area contributed by atoms with Crippen molar-refractivity contribution in [2.75, 3.05) is 13.7 Å². The average Bonchev–Trinajstić information content (AvgIpc) is 3.00. The minimum absolute atomic E-state index is 0.0117. The molecule has 6 heteroatoms. The highest BCUT2D eigenvalue weighted by Crippen LogP contribution is 2.35. The second-order valence-corrected chi connectivity index (χ2v) is 8.41. The molecule has 3 aromatic rings. The molecule has 0 spiro atoms. The first-order valence-corrected chi connectivity index (χ1v) is 10.2. The molecule has 1 unspecified atom stereocenters. The highest BCUT2D eigenvalue weighted by molar-refractivity contribution is 7.18. The predicted octanol–water partition coefficient (Wildman–Crippen LogP) is 3.96. The van der Waals surface area contributed by atoms with Gasteiger partial charge in [0.1, 0.15) is 16.5 Å². The first-order chi connectivity index (χ1) is 13.1. The van der Waals surface area contributed by atoms with Crippen molar-refractivity contribution in [1.82, 2.24) is 9.55 Å². The Morgan fingerprint density at radius 1 is 1.41 bits per heavy atom. The number of hydrogen-bond acceptors (Lipinski definition) is 4. The number of ether oxygens (including phenoxy) is 1. The minimum Gasteiger partial charge on any atom is -0.384 e. The van der Waals surface area contributed by atoms with Crippen LogP contribution in [0.25, 0.3) is 10.2 Å². The topological polar surface area (TPSA) is 44.1 Å². The summed E-state index contributed by atoms with van der Waals surface area (Å²) in [5, 5.41) is 0.763. The molecule has 0 aliphatic heterocycles. The summed E-state index contributed by atoms with van der Waals surface area (Å²) in [7, 11) is 1.64. The Bertz CT molecular complexity index is 1040. The van der Waals surface area contributed by atoms with Gasteiger partial charge in [-0.1, -0.05) is 19.1 Å². The number of thiophene rings is 1. The number of methoxy groups -OCH3 is 1. The Balaban J connectivity index is 1.86. The van der Waals surface area contributed by atoms with Crippen LogP contribution in [0.2, 0.25) is 0 Å². The molecule has 142 valence electrons. The molecule has 0 bridgehead atoms. The minimum atomic E-state index is -0.296. The number of hydrogen-bond donors (Lipinski definition) is 0. The fraction of sp³-hybridized carbons (Fsp3) is 0.429. The standard InChI is InChI=1S/C21H23FN2O2S/c1-13-6-7-16-17(10-13)27-20-19(16)21(25)24(18(23-20)8-9-26-2)12-14-4-3-5-15(22)11-14/h3-5,11,13H,6-10,12H2,1-2H3. The maximum atomic E-state index is 13.6. The smallest absolute Gasteiger partial charge is 0.262 e. The van der Waals surface area contributed by atoms with Crippen molar-refractivity contribution in [2.45, 2.75) is 39.2 Å². The number of rotatable bonds is 5. The van der Waals surface area contributed by atoms with E-state index in [0.29, 0.717) is 31.3 Å². The monoisotopic (exact) mass is 386 g/mol. The van der Waals surface area contributed by atoms with Crippen LogP contribution in [-0.2, 0) is 30.5 Å². The third-order valence-electron chi connectivity index (χ3n) is 5.25. The lowest BCUT2D eigenvalue weighted by molar-refractivity contribution is 0.199. The van der Waals surface area contributed by atoms with Gasteiger partial charge in [-0.3, -0.25) is 9.36 Å². The van der Waals surface area contributed by atoms with Gasteiger partial charge in [-0.2, -0.15) is 0 Å². The molecular formula is C21H23FN2O2S. The highest BCUT2D eigenvalue weighted by atomic mass is 32.1. The van der Waals surface area contributed by atoms with Gasteiger partial charge in [-0.15, -0.1) is 11.3 Å². The van der Waals surface area contributed by atoms with Gasteiger partial charge in [0.05, 0.1) is 18.5 Å². The van der Waals surface area contributed by atoms with E-state index in [9.17, 15) is 9.18 Å². The van der Waals surface area contributed by atoms with Crippen LogP contribution >= 0.6 is 11.3 Å². The fourth-order valence-electron chi connectivity index (χ4n) is 3.83. The maximum Gasteiger partial charge on any atom is 0.262 e. The van der Waals surface area contributed by atoms with Crippen molar-refractivity contribution in [1.29, 1.82) is 0 Å². The molecule has 2 heterocycles. The van der Waals surface area contributed by atoms with Gasteiger partial charge in [0.2, 0.25) is 0 Å². The van der Waals surface area contributed by atoms with Crippen LogP contribution in [-0.4, -0.2) is 23.3 Å². The zero-order chi connectivity index (χ0) is 19.0. The number of halogens is 1. The van der Waals surface area contributed by atoms with E-state index >= 15 is 0 Å². The van der Waals surface area contributed by atoms with Crippen molar-refractivity contribution in [3.63, 3.8) is 0 Å². The Morgan fingerprint density at radius 3 is 3.04 bits per heavy atom. The molecule has 1 aliphatic rings. The first kappa shape index (κ1) is 18.3. The molecular weight excluding hydrogens is 363 g/mol. The number of nitrogens with zero attached hydrogens (tertiary/aromatic N) is 2. The molecule has 1 atom stereocenters. The first-order valence-electron chi connectivity index (χ1n) is 9.34. The van der Waals surface area contributed by atoms with Crippen molar-refractivity contribution in [3.8, 4) is 0 Å². The van der Waals surface area contributed by atoms with Crippen molar-refractivity contribution in [3.05, 3.63) is 62.3 Å². The quantitative estimate of drug-likeness (QED) is 0.667. The zero-order valence-electron chi connectivity index (χ0n) is 15.6. The second-order valence-electron chi connectivity index (χ2n) is 7.32. The Morgan fingerprint density at radius 2 is 2.26 bits per heavy atom. The van der Waals surface area contributed by atoms with Gasteiger partial charge in [0.25, 0.3) is 5.56 Å². The van der Waals surface area contributed by atoms with Crippen LogP contribution in [0.3, 0.4) is 0 Å². The molecule has 0 saturated carbocycles. The summed E-state index contributed by atoms with van der Waals surface area (Å²) in [6, 6.07) is 6.40.